The first-order valence-electron chi connectivity index (χ1n) is 6.24. The number of benzene rings is 1. The standard InChI is InChI=1S/C14H23N3/c1-17(12-10-14(15)16)11-6-5-9-13-7-3-2-4-8-13/h2-4,7-8H,5-6,9-12H2,1H3,(H3,15,16). The van der Waals surface area contributed by atoms with Gasteiger partial charge in [-0.1, -0.05) is 30.3 Å². The molecular weight excluding hydrogens is 210 g/mol. The van der Waals surface area contributed by atoms with Crippen LogP contribution in [0.2, 0.25) is 0 Å². The Morgan fingerprint density at radius 3 is 2.53 bits per heavy atom. The zero-order valence-corrected chi connectivity index (χ0v) is 10.7. The van der Waals surface area contributed by atoms with E-state index in [0.29, 0.717) is 6.42 Å². The lowest BCUT2D eigenvalue weighted by Gasteiger charge is -2.15. The predicted octanol–water partition coefficient (Wildman–Crippen LogP) is 2.27. The number of aryl methyl sites for hydroxylation is 1. The largest absolute Gasteiger partial charge is 0.388 e. The lowest BCUT2D eigenvalue weighted by atomic mass is 10.1. The van der Waals surface area contributed by atoms with E-state index in [0.717, 1.165) is 19.5 Å². The Morgan fingerprint density at radius 2 is 1.88 bits per heavy atom. The highest BCUT2D eigenvalue weighted by Gasteiger charge is 1.99. The van der Waals surface area contributed by atoms with Crippen molar-refractivity contribution in [3.8, 4) is 0 Å². The minimum absolute atomic E-state index is 0.279. The van der Waals surface area contributed by atoms with E-state index in [-0.39, 0.29) is 5.84 Å². The summed E-state index contributed by atoms with van der Waals surface area (Å²) < 4.78 is 0. The minimum Gasteiger partial charge on any atom is -0.388 e. The van der Waals surface area contributed by atoms with E-state index in [1.54, 1.807) is 0 Å². The summed E-state index contributed by atoms with van der Waals surface area (Å²) in [6.45, 7) is 1.97. The average Bonchev–Trinajstić information content (AvgIpc) is 2.33. The van der Waals surface area contributed by atoms with Crippen molar-refractivity contribution in [2.75, 3.05) is 20.1 Å². The number of hydrogen-bond acceptors (Lipinski definition) is 2. The molecule has 0 aliphatic rings. The van der Waals surface area contributed by atoms with Gasteiger partial charge in [0.2, 0.25) is 0 Å². The first kappa shape index (κ1) is 13.7. The molecule has 0 bridgehead atoms. The summed E-state index contributed by atoms with van der Waals surface area (Å²) >= 11 is 0. The lowest BCUT2D eigenvalue weighted by Crippen LogP contribution is -2.25. The maximum atomic E-state index is 7.16. The Bertz CT molecular complexity index is 321. The van der Waals surface area contributed by atoms with Crippen LogP contribution >= 0.6 is 0 Å². The SMILES string of the molecule is CN(CCCCc1ccccc1)CCC(=N)N. The van der Waals surface area contributed by atoms with Crippen LogP contribution in [0.5, 0.6) is 0 Å². The normalized spacial score (nSPS) is 10.7. The third kappa shape index (κ3) is 6.74. The lowest BCUT2D eigenvalue weighted by molar-refractivity contribution is 0.335. The molecule has 1 aromatic rings. The van der Waals surface area contributed by atoms with Gasteiger partial charge in [-0.15, -0.1) is 0 Å². The fourth-order valence-electron chi connectivity index (χ4n) is 1.78. The van der Waals surface area contributed by atoms with E-state index in [9.17, 15) is 0 Å². The molecule has 94 valence electrons. The molecule has 0 unspecified atom stereocenters. The third-order valence-electron chi connectivity index (χ3n) is 2.86. The third-order valence-corrected chi connectivity index (χ3v) is 2.86. The van der Waals surface area contributed by atoms with Crippen molar-refractivity contribution in [3.63, 3.8) is 0 Å². The Balaban J connectivity index is 2.06. The molecule has 1 rings (SSSR count). The first-order chi connectivity index (χ1) is 8.18. The second-order valence-corrected chi connectivity index (χ2v) is 4.52. The Kier molecular flexibility index (Phi) is 6.33. The molecule has 3 N–H and O–H groups in total. The molecule has 17 heavy (non-hydrogen) atoms. The summed E-state index contributed by atoms with van der Waals surface area (Å²) in [5.74, 6) is 0.279. The van der Waals surface area contributed by atoms with Crippen molar-refractivity contribution in [2.45, 2.75) is 25.7 Å². The van der Waals surface area contributed by atoms with Gasteiger partial charge >= 0.3 is 0 Å². The Labute approximate surface area is 104 Å². The van der Waals surface area contributed by atoms with Gasteiger partial charge in [0, 0.05) is 13.0 Å². The second kappa shape index (κ2) is 7.85. The highest BCUT2D eigenvalue weighted by molar-refractivity contribution is 5.76. The molecule has 0 aliphatic heterocycles. The number of unbranched alkanes of at least 4 members (excludes halogenated alkanes) is 1. The number of rotatable bonds is 8. The van der Waals surface area contributed by atoms with Gasteiger partial charge in [0.1, 0.15) is 0 Å². The second-order valence-electron chi connectivity index (χ2n) is 4.52. The molecule has 0 heterocycles. The van der Waals surface area contributed by atoms with Crippen molar-refractivity contribution < 1.29 is 0 Å². The van der Waals surface area contributed by atoms with Crippen LogP contribution in [0.15, 0.2) is 30.3 Å². The van der Waals surface area contributed by atoms with E-state index in [2.05, 4.69) is 42.3 Å². The number of nitrogens with two attached hydrogens (primary N) is 1. The fraction of sp³-hybridized carbons (Fsp3) is 0.500. The highest BCUT2D eigenvalue weighted by Crippen LogP contribution is 2.05. The molecule has 0 atom stereocenters. The molecule has 0 fully saturated rings. The molecule has 3 nitrogen and oxygen atoms in total. The van der Waals surface area contributed by atoms with E-state index in [1.807, 2.05) is 0 Å². The van der Waals surface area contributed by atoms with Crippen LogP contribution in [0, 0.1) is 5.41 Å². The summed E-state index contributed by atoms with van der Waals surface area (Å²) in [6.07, 6.45) is 4.24. The van der Waals surface area contributed by atoms with Crippen molar-refractivity contribution in [1.82, 2.24) is 4.90 Å². The number of hydrogen-bond donors (Lipinski definition) is 2. The summed E-state index contributed by atoms with van der Waals surface area (Å²) in [4.78, 5) is 2.24. The predicted molar refractivity (Wildman–Crippen MR) is 73.4 cm³/mol. The van der Waals surface area contributed by atoms with Gasteiger partial charge in [-0.2, -0.15) is 0 Å². The van der Waals surface area contributed by atoms with Crippen molar-refractivity contribution in [2.24, 2.45) is 5.73 Å². The van der Waals surface area contributed by atoms with Crippen LogP contribution in [0.4, 0.5) is 0 Å². The zero-order valence-electron chi connectivity index (χ0n) is 10.7. The number of nitrogens with one attached hydrogen (secondary N) is 1. The molecule has 1 aromatic carbocycles. The Morgan fingerprint density at radius 1 is 1.18 bits per heavy atom. The topological polar surface area (TPSA) is 53.1 Å². The van der Waals surface area contributed by atoms with Crippen molar-refractivity contribution in [1.29, 1.82) is 5.41 Å². The summed E-state index contributed by atoms with van der Waals surface area (Å²) in [5.41, 5.74) is 6.74. The van der Waals surface area contributed by atoms with E-state index < -0.39 is 0 Å². The minimum atomic E-state index is 0.279. The molecule has 0 aromatic heterocycles. The van der Waals surface area contributed by atoms with Crippen molar-refractivity contribution in [3.05, 3.63) is 35.9 Å². The monoisotopic (exact) mass is 233 g/mol. The van der Waals surface area contributed by atoms with Gasteiger partial charge in [-0.3, -0.25) is 5.41 Å². The number of nitrogens with zero attached hydrogens (tertiary/aromatic N) is 1. The van der Waals surface area contributed by atoms with Crippen LogP contribution in [0.25, 0.3) is 0 Å². The molecule has 0 amide bonds. The average molecular weight is 233 g/mol. The van der Waals surface area contributed by atoms with Crippen LogP contribution in [0.3, 0.4) is 0 Å². The van der Waals surface area contributed by atoms with E-state index >= 15 is 0 Å². The molecule has 0 spiro atoms. The summed E-state index contributed by atoms with van der Waals surface area (Å²) in [6, 6.07) is 10.6. The van der Waals surface area contributed by atoms with E-state index in [4.69, 9.17) is 11.1 Å². The zero-order chi connectivity index (χ0) is 12.5. The quantitative estimate of drug-likeness (QED) is 0.411. The van der Waals surface area contributed by atoms with Gasteiger partial charge in [-0.25, -0.2) is 0 Å². The van der Waals surface area contributed by atoms with Gasteiger partial charge in [-0.05, 0) is 38.4 Å². The summed E-state index contributed by atoms with van der Waals surface area (Å²) in [5, 5.41) is 7.16. The van der Waals surface area contributed by atoms with E-state index in [1.165, 1.54) is 18.4 Å². The van der Waals surface area contributed by atoms with Gasteiger partial charge in [0.15, 0.2) is 0 Å². The van der Waals surface area contributed by atoms with Crippen LogP contribution in [-0.4, -0.2) is 30.9 Å². The fourth-order valence-corrected chi connectivity index (χ4v) is 1.78. The van der Waals surface area contributed by atoms with Crippen LogP contribution < -0.4 is 5.73 Å². The first-order valence-corrected chi connectivity index (χ1v) is 6.24. The summed E-state index contributed by atoms with van der Waals surface area (Å²) in [7, 11) is 2.09. The molecule has 0 aliphatic carbocycles. The molecule has 0 saturated carbocycles. The van der Waals surface area contributed by atoms with Gasteiger partial charge in [0.25, 0.3) is 0 Å². The van der Waals surface area contributed by atoms with Gasteiger partial charge < -0.3 is 10.6 Å². The molecular formula is C14H23N3. The maximum absolute atomic E-state index is 7.16. The molecule has 0 saturated heterocycles. The van der Waals surface area contributed by atoms with Crippen LogP contribution in [-0.2, 0) is 6.42 Å². The smallest absolute Gasteiger partial charge is 0.0918 e. The van der Waals surface area contributed by atoms with Crippen LogP contribution in [0.1, 0.15) is 24.8 Å². The molecule has 0 radical (unpaired) electrons. The van der Waals surface area contributed by atoms with Crippen molar-refractivity contribution >= 4 is 5.84 Å². The van der Waals surface area contributed by atoms with Gasteiger partial charge in [0.05, 0.1) is 5.84 Å². The maximum Gasteiger partial charge on any atom is 0.0918 e. The number of amidine groups is 1. The molecule has 3 heteroatoms. The highest BCUT2D eigenvalue weighted by atomic mass is 15.1. The Hall–Kier alpha value is -1.35.